The number of hydrogen-bond donors (Lipinski definition) is 1. The molecule has 3 aromatic heterocycles. The maximum Gasteiger partial charge on any atom is 0.126 e. The summed E-state index contributed by atoms with van der Waals surface area (Å²) in [5.41, 5.74) is 5.33. The summed E-state index contributed by atoms with van der Waals surface area (Å²) in [7, 11) is 1.90. The molecule has 5 heteroatoms. The van der Waals surface area contributed by atoms with Crippen molar-refractivity contribution >= 4 is 5.82 Å². The Labute approximate surface area is 147 Å². The molecular formula is C20H21N5. The minimum absolute atomic E-state index is 0.576. The molecular weight excluding hydrogens is 310 g/mol. The average molecular weight is 331 g/mol. The molecule has 5 rings (SSSR count). The van der Waals surface area contributed by atoms with Crippen LogP contribution in [0.1, 0.15) is 42.7 Å². The van der Waals surface area contributed by atoms with E-state index in [1.54, 1.807) is 0 Å². The molecule has 2 atom stereocenters. The van der Waals surface area contributed by atoms with E-state index in [1.165, 1.54) is 30.8 Å². The number of aryl methyl sites for hydroxylation is 1. The standard InChI is InChI=1S/C20H21N5/c1-12-4-3-5-16(23-12)18-19(13-8-9-22-17(11-13)21-2)25-15-7-6-14(10-15)20(25)24-18/h3-5,8-9,11,14-15H,6-7,10H2,1-2H3,(H,21,22). The topological polar surface area (TPSA) is 55.6 Å². The number of anilines is 1. The van der Waals surface area contributed by atoms with E-state index in [4.69, 9.17) is 9.97 Å². The lowest BCUT2D eigenvalue weighted by atomic mass is 10.1. The van der Waals surface area contributed by atoms with E-state index in [1.807, 2.05) is 26.2 Å². The van der Waals surface area contributed by atoms with E-state index in [2.05, 4.69) is 39.1 Å². The number of fused-ring (bicyclic) bond motifs is 5. The third kappa shape index (κ3) is 2.18. The van der Waals surface area contributed by atoms with Crippen LogP contribution in [0.25, 0.3) is 22.6 Å². The third-order valence-electron chi connectivity index (χ3n) is 5.49. The third-order valence-corrected chi connectivity index (χ3v) is 5.49. The fraction of sp³-hybridized carbons (Fsp3) is 0.350. The Hall–Kier alpha value is -2.69. The summed E-state index contributed by atoms with van der Waals surface area (Å²) >= 11 is 0. The van der Waals surface area contributed by atoms with Gasteiger partial charge in [-0.15, -0.1) is 0 Å². The summed E-state index contributed by atoms with van der Waals surface area (Å²) in [4.78, 5) is 14.2. The van der Waals surface area contributed by atoms with Crippen molar-refractivity contribution in [3.63, 3.8) is 0 Å². The molecule has 1 aliphatic carbocycles. The van der Waals surface area contributed by atoms with Gasteiger partial charge in [-0.3, -0.25) is 4.98 Å². The molecule has 1 N–H and O–H groups in total. The van der Waals surface area contributed by atoms with Gasteiger partial charge in [-0.25, -0.2) is 9.97 Å². The molecule has 0 aromatic carbocycles. The number of imidazole rings is 1. The van der Waals surface area contributed by atoms with Gasteiger partial charge in [0.2, 0.25) is 0 Å². The smallest absolute Gasteiger partial charge is 0.126 e. The van der Waals surface area contributed by atoms with Crippen LogP contribution in [-0.2, 0) is 0 Å². The van der Waals surface area contributed by atoms with Crippen LogP contribution in [0.15, 0.2) is 36.5 Å². The number of aromatic nitrogens is 4. The second-order valence-corrected chi connectivity index (χ2v) is 7.04. The summed E-state index contributed by atoms with van der Waals surface area (Å²) in [5.74, 6) is 2.72. The van der Waals surface area contributed by atoms with Gasteiger partial charge in [0.1, 0.15) is 17.3 Å². The predicted molar refractivity (Wildman–Crippen MR) is 98.6 cm³/mol. The Bertz CT molecular complexity index is 958. The number of nitrogens with one attached hydrogen (secondary N) is 1. The van der Waals surface area contributed by atoms with Crippen molar-refractivity contribution in [3.8, 4) is 22.6 Å². The van der Waals surface area contributed by atoms with Crippen molar-refractivity contribution in [2.24, 2.45) is 0 Å². The molecule has 0 spiro atoms. The molecule has 0 amide bonds. The Morgan fingerprint density at radius 3 is 2.92 bits per heavy atom. The van der Waals surface area contributed by atoms with Crippen LogP contribution in [0.3, 0.4) is 0 Å². The fourth-order valence-corrected chi connectivity index (χ4v) is 4.38. The Morgan fingerprint density at radius 1 is 1.16 bits per heavy atom. The Kier molecular flexibility index (Phi) is 3.17. The Balaban J connectivity index is 1.77. The maximum atomic E-state index is 5.08. The van der Waals surface area contributed by atoms with Gasteiger partial charge >= 0.3 is 0 Å². The molecule has 5 nitrogen and oxygen atoms in total. The molecule has 0 saturated heterocycles. The van der Waals surface area contributed by atoms with Crippen molar-refractivity contribution in [2.45, 2.75) is 38.1 Å². The highest BCUT2D eigenvalue weighted by Crippen LogP contribution is 2.52. The summed E-state index contributed by atoms with van der Waals surface area (Å²) in [6.45, 7) is 2.03. The molecule has 0 radical (unpaired) electrons. The fourth-order valence-electron chi connectivity index (χ4n) is 4.38. The van der Waals surface area contributed by atoms with E-state index in [-0.39, 0.29) is 0 Å². The van der Waals surface area contributed by atoms with Gasteiger partial charge in [0.05, 0.1) is 11.4 Å². The minimum atomic E-state index is 0.576. The van der Waals surface area contributed by atoms with Crippen LogP contribution in [0, 0.1) is 6.92 Å². The van der Waals surface area contributed by atoms with Crippen LogP contribution in [0.4, 0.5) is 5.82 Å². The van der Waals surface area contributed by atoms with E-state index in [9.17, 15) is 0 Å². The second kappa shape index (κ2) is 5.41. The van der Waals surface area contributed by atoms with Gasteiger partial charge in [0.25, 0.3) is 0 Å². The predicted octanol–water partition coefficient (Wildman–Crippen LogP) is 4.18. The van der Waals surface area contributed by atoms with Gasteiger partial charge < -0.3 is 9.88 Å². The zero-order valence-electron chi connectivity index (χ0n) is 14.5. The van der Waals surface area contributed by atoms with E-state index >= 15 is 0 Å². The van der Waals surface area contributed by atoms with E-state index in [0.29, 0.717) is 12.0 Å². The average Bonchev–Trinajstić information content (AvgIpc) is 3.33. The molecule has 2 unspecified atom stereocenters. The first-order valence-electron chi connectivity index (χ1n) is 8.95. The van der Waals surface area contributed by atoms with Crippen LogP contribution in [0.5, 0.6) is 0 Å². The zero-order chi connectivity index (χ0) is 17.0. The van der Waals surface area contributed by atoms with Crippen molar-refractivity contribution in [1.29, 1.82) is 0 Å². The lowest BCUT2D eigenvalue weighted by molar-refractivity contribution is 0.530. The molecule has 25 heavy (non-hydrogen) atoms. The number of rotatable bonds is 3. The lowest BCUT2D eigenvalue weighted by Gasteiger charge is -2.17. The summed E-state index contributed by atoms with van der Waals surface area (Å²) < 4.78 is 2.47. The van der Waals surface area contributed by atoms with Gasteiger partial charge in [0, 0.05) is 36.5 Å². The monoisotopic (exact) mass is 331 g/mol. The normalized spacial score (nSPS) is 20.7. The van der Waals surface area contributed by atoms with Crippen LogP contribution in [-0.4, -0.2) is 26.6 Å². The lowest BCUT2D eigenvalue weighted by Crippen LogP contribution is -2.08. The van der Waals surface area contributed by atoms with E-state index < -0.39 is 0 Å². The minimum Gasteiger partial charge on any atom is -0.373 e. The van der Waals surface area contributed by atoms with Crippen molar-refractivity contribution < 1.29 is 0 Å². The summed E-state index contributed by atoms with van der Waals surface area (Å²) in [5, 5.41) is 3.14. The zero-order valence-corrected chi connectivity index (χ0v) is 14.5. The summed E-state index contributed by atoms with van der Waals surface area (Å²) in [6, 6.07) is 10.9. The van der Waals surface area contributed by atoms with Crippen molar-refractivity contribution in [3.05, 3.63) is 48.0 Å². The first-order chi connectivity index (χ1) is 12.2. The highest BCUT2D eigenvalue weighted by molar-refractivity contribution is 5.79. The SMILES string of the molecule is CNc1cc(-c2c(-c3cccc(C)n3)nc3n2C2CCC3C2)ccn1. The van der Waals surface area contributed by atoms with Gasteiger partial charge in [-0.05, 0) is 50.5 Å². The largest absolute Gasteiger partial charge is 0.373 e. The van der Waals surface area contributed by atoms with Crippen molar-refractivity contribution in [1.82, 2.24) is 19.5 Å². The van der Waals surface area contributed by atoms with Crippen LogP contribution < -0.4 is 5.32 Å². The highest BCUT2D eigenvalue weighted by Gasteiger charge is 2.41. The van der Waals surface area contributed by atoms with Crippen molar-refractivity contribution in [2.75, 3.05) is 12.4 Å². The molecule has 2 bridgehead atoms. The molecule has 1 fully saturated rings. The Morgan fingerprint density at radius 2 is 2.08 bits per heavy atom. The molecule has 1 aliphatic heterocycles. The first kappa shape index (κ1) is 14.6. The van der Waals surface area contributed by atoms with Crippen LogP contribution >= 0.6 is 0 Å². The van der Waals surface area contributed by atoms with Gasteiger partial charge in [0.15, 0.2) is 0 Å². The van der Waals surface area contributed by atoms with E-state index in [0.717, 1.165) is 28.5 Å². The number of hydrogen-bond acceptors (Lipinski definition) is 4. The molecule has 126 valence electrons. The van der Waals surface area contributed by atoms with Crippen LogP contribution in [0.2, 0.25) is 0 Å². The van der Waals surface area contributed by atoms with Gasteiger partial charge in [-0.2, -0.15) is 0 Å². The molecule has 1 saturated carbocycles. The maximum absolute atomic E-state index is 5.08. The first-order valence-corrected chi connectivity index (χ1v) is 8.95. The highest BCUT2D eigenvalue weighted by atomic mass is 15.2. The quantitative estimate of drug-likeness (QED) is 0.782. The molecule has 3 aromatic rings. The molecule has 4 heterocycles. The second-order valence-electron chi connectivity index (χ2n) is 7.04. The van der Waals surface area contributed by atoms with Gasteiger partial charge in [-0.1, -0.05) is 6.07 Å². The number of nitrogens with zero attached hydrogens (tertiary/aromatic N) is 4. The number of pyridine rings is 2. The summed E-state index contributed by atoms with van der Waals surface area (Å²) in [6.07, 6.45) is 5.62. The molecule has 2 aliphatic rings.